The number of nitrogens with one attached hydrogen (secondary N) is 1. The molecule has 86 valence electrons. The SMILES string of the molecule is C=C(C)CNCC1Cc2cc(Br)ccc2O1. The van der Waals surface area contributed by atoms with Gasteiger partial charge in [0.25, 0.3) is 0 Å². The van der Waals surface area contributed by atoms with E-state index in [1.165, 1.54) is 5.56 Å². The highest BCUT2D eigenvalue weighted by Gasteiger charge is 2.22. The summed E-state index contributed by atoms with van der Waals surface area (Å²) >= 11 is 3.47. The van der Waals surface area contributed by atoms with Gasteiger partial charge in [0.1, 0.15) is 11.9 Å². The van der Waals surface area contributed by atoms with Gasteiger partial charge >= 0.3 is 0 Å². The van der Waals surface area contributed by atoms with E-state index in [4.69, 9.17) is 4.74 Å². The fourth-order valence-electron chi connectivity index (χ4n) is 1.85. The van der Waals surface area contributed by atoms with Crippen molar-refractivity contribution in [1.29, 1.82) is 0 Å². The third-order valence-electron chi connectivity index (χ3n) is 2.56. The van der Waals surface area contributed by atoms with E-state index in [0.717, 1.165) is 35.3 Å². The van der Waals surface area contributed by atoms with Gasteiger partial charge < -0.3 is 10.1 Å². The molecule has 0 aliphatic carbocycles. The topological polar surface area (TPSA) is 21.3 Å². The molecule has 0 bridgehead atoms. The molecule has 16 heavy (non-hydrogen) atoms. The molecular weight excluding hydrogens is 266 g/mol. The smallest absolute Gasteiger partial charge is 0.123 e. The van der Waals surface area contributed by atoms with Gasteiger partial charge in [-0.05, 0) is 30.7 Å². The molecule has 1 atom stereocenters. The fourth-order valence-corrected chi connectivity index (χ4v) is 2.26. The molecule has 0 amide bonds. The second-order valence-corrected chi connectivity index (χ2v) is 5.20. The summed E-state index contributed by atoms with van der Waals surface area (Å²) in [5, 5.41) is 3.34. The molecule has 3 heteroatoms. The van der Waals surface area contributed by atoms with E-state index < -0.39 is 0 Å². The van der Waals surface area contributed by atoms with E-state index in [0.29, 0.717) is 0 Å². The second-order valence-electron chi connectivity index (χ2n) is 4.28. The predicted molar refractivity (Wildman–Crippen MR) is 69.9 cm³/mol. The normalized spacial score (nSPS) is 18.0. The summed E-state index contributed by atoms with van der Waals surface area (Å²) in [7, 11) is 0. The maximum Gasteiger partial charge on any atom is 0.123 e. The zero-order valence-corrected chi connectivity index (χ0v) is 11.0. The van der Waals surface area contributed by atoms with Crippen molar-refractivity contribution in [3.05, 3.63) is 40.4 Å². The van der Waals surface area contributed by atoms with Crippen LogP contribution in [0.5, 0.6) is 5.75 Å². The van der Waals surface area contributed by atoms with Gasteiger partial charge in [0.15, 0.2) is 0 Å². The third-order valence-corrected chi connectivity index (χ3v) is 3.06. The molecule has 1 aliphatic heterocycles. The van der Waals surface area contributed by atoms with Crippen molar-refractivity contribution in [2.75, 3.05) is 13.1 Å². The Balaban J connectivity index is 1.88. The first-order chi connectivity index (χ1) is 7.65. The van der Waals surface area contributed by atoms with Gasteiger partial charge in [-0.2, -0.15) is 0 Å². The Morgan fingerprint density at radius 3 is 3.19 bits per heavy atom. The molecule has 0 saturated heterocycles. The lowest BCUT2D eigenvalue weighted by Crippen LogP contribution is -2.30. The van der Waals surface area contributed by atoms with Gasteiger partial charge in [0, 0.05) is 24.0 Å². The van der Waals surface area contributed by atoms with Crippen molar-refractivity contribution in [2.24, 2.45) is 0 Å². The number of benzene rings is 1. The van der Waals surface area contributed by atoms with Crippen LogP contribution in [-0.4, -0.2) is 19.2 Å². The highest BCUT2D eigenvalue weighted by atomic mass is 79.9. The Bertz CT molecular complexity index is 403. The van der Waals surface area contributed by atoms with Gasteiger partial charge in [-0.25, -0.2) is 0 Å². The van der Waals surface area contributed by atoms with Crippen molar-refractivity contribution < 1.29 is 4.74 Å². The van der Waals surface area contributed by atoms with Crippen molar-refractivity contribution >= 4 is 15.9 Å². The molecule has 1 aromatic carbocycles. The quantitative estimate of drug-likeness (QED) is 0.857. The van der Waals surface area contributed by atoms with Crippen LogP contribution in [0.15, 0.2) is 34.8 Å². The van der Waals surface area contributed by atoms with Crippen LogP contribution in [-0.2, 0) is 6.42 Å². The van der Waals surface area contributed by atoms with Crippen LogP contribution >= 0.6 is 15.9 Å². The summed E-state index contributed by atoms with van der Waals surface area (Å²) in [6.45, 7) is 7.62. The van der Waals surface area contributed by atoms with Crippen LogP contribution in [0.25, 0.3) is 0 Å². The average Bonchev–Trinajstić information content (AvgIpc) is 2.58. The molecule has 1 aromatic rings. The molecule has 1 aliphatic rings. The Hall–Kier alpha value is -0.800. The van der Waals surface area contributed by atoms with E-state index >= 15 is 0 Å². The van der Waals surface area contributed by atoms with Gasteiger partial charge in [0.05, 0.1) is 0 Å². The van der Waals surface area contributed by atoms with Crippen LogP contribution in [0.1, 0.15) is 12.5 Å². The highest BCUT2D eigenvalue weighted by Crippen LogP contribution is 2.30. The lowest BCUT2D eigenvalue weighted by atomic mass is 10.1. The molecule has 0 aromatic heterocycles. The van der Waals surface area contributed by atoms with Gasteiger partial charge in [-0.15, -0.1) is 0 Å². The Kier molecular flexibility index (Phi) is 3.66. The summed E-state index contributed by atoms with van der Waals surface area (Å²) in [4.78, 5) is 0. The number of hydrogen-bond acceptors (Lipinski definition) is 2. The summed E-state index contributed by atoms with van der Waals surface area (Å²) in [6, 6.07) is 6.18. The van der Waals surface area contributed by atoms with E-state index in [1.54, 1.807) is 0 Å². The van der Waals surface area contributed by atoms with Crippen LogP contribution in [0.4, 0.5) is 0 Å². The fraction of sp³-hybridized carbons (Fsp3) is 0.385. The van der Waals surface area contributed by atoms with E-state index in [-0.39, 0.29) is 6.10 Å². The highest BCUT2D eigenvalue weighted by molar-refractivity contribution is 9.10. The number of fused-ring (bicyclic) bond motifs is 1. The maximum absolute atomic E-state index is 5.83. The molecular formula is C13H16BrNO. The first kappa shape index (κ1) is 11.7. The summed E-state index contributed by atoms with van der Waals surface area (Å²) in [5.74, 6) is 1.02. The van der Waals surface area contributed by atoms with Gasteiger partial charge in [0.2, 0.25) is 0 Å². The third kappa shape index (κ3) is 2.86. The molecule has 1 heterocycles. The van der Waals surface area contributed by atoms with E-state index in [1.807, 2.05) is 19.1 Å². The molecule has 0 radical (unpaired) electrons. The number of hydrogen-bond donors (Lipinski definition) is 1. The second kappa shape index (κ2) is 5.02. The lowest BCUT2D eigenvalue weighted by molar-refractivity contribution is 0.229. The Morgan fingerprint density at radius 2 is 2.44 bits per heavy atom. The van der Waals surface area contributed by atoms with Crippen molar-refractivity contribution in [3.63, 3.8) is 0 Å². The molecule has 0 saturated carbocycles. The molecule has 1 N–H and O–H groups in total. The van der Waals surface area contributed by atoms with E-state index in [9.17, 15) is 0 Å². The average molecular weight is 282 g/mol. The minimum atomic E-state index is 0.253. The number of halogens is 1. The molecule has 0 fully saturated rings. The summed E-state index contributed by atoms with van der Waals surface area (Å²) in [5.41, 5.74) is 2.44. The van der Waals surface area contributed by atoms with Gasteiger partial charge in [-0.1, -0.05) is 28.1 Å². The van der Waals surface area contributed by atoms with Crippen LogP contribution in [0.2, 0.25) is 0 Å². The minimum Gasteiger partial charge on any atom is -0.488 e. The van der Waals surface area contributed by atoms with Crippen LogP contribution in [0.3, 0.4) is 0 Å². The first-order valence-electron chi connectivity index (χ1n) is 5.45. The summed E-state index contributed by atoms with van der Waals surface area (Å²) in [6.07, 6.45) is 1.24. The first-order valence-corrected chi connectivity index (χ1v) is 6.24. The summed E-state index contributed by atoms with van der Waals surface area (Å²) < 4.78 is 6.95. The van der Waals surface area contributed by atoms with Crippen molar-refractivity contribution in [3.8, 4) is 5.75 Å². The van der Waals surface area contributed by atoms with Crippen molar-refractivity contribution in [2.45, 2.75) is 19.4 Å². The zero-order valence-electron chi connectivity index (χ0n) is 9.42. The molecule has 1 unspecified atom stereocenters. The predicted octanol–water partition coefficient (Wildman–Crippen LogP) is 2.92. The Morgan fingerprint density at radius 1 is 1.62 bits per heavy atom. The monoisotopic (exact) mass is 281 g/mol. The molecule has 2 rings (SSSR count). The number of ether oxygens (including phenoxy) is 1. The zero-order chi connectivity index (χ0) is 11.5. The maximum atomic E-state index is 5.83. The largest absolute Gasteiger partial charge is 0.488 e. The minimum absolute atomic E-state index is 0.253. The standard InChI is InChI=1S/C13H16BrNO/c1-9(2)7-15-8-12-6-10-5-11(14)3-4-13(10)16-12/h3-5,12,15H,1,6-8H2,2H3. The van der Waals surface area contributed by atoms with Crippen LogP contribution < -0.4 is 10.1 Å². The van der Waals surface area contributed by atoms with Crippen LogP contribution in [0, 0.1) is 0 Å². The lowest BCUT2D eigenvalue weighted by Gasteiger charge is -2.11. The Labute approximate surface area is 105 Å². The van der Waals surface area contributed by atoms with Crippen molar-refractivity contribution in [1.82, 2.24) is 5.32 Å². The molecule has 0 spiro atoms. The van der Waals surface area contributed by atoms with E-state index in [2.05, 4.69) is 33.9 Å². The molecule has 2 nitrogen and oxygen atoms in total. The number of rotatable bonds is 4. The van der Waals surface area contributed by atoms with Gasteiger partial charge in [-0.3, -0.25) is 0 Å².